The highest BCUT2D eigenvalue weighted by atomic mass is 16.6. The van der Waals surface area contributed by atoms with Crippen LogP contribution in [0.1, 0.15) is 62.3 Å². The molecule has 1 fully saturated rings. The van der Waals surface area contributed by atoms with Crippen LogP contribution in [0.25, 0.3) is 0 Å². The number of aliphatic hydroxyl groups is 1. The average Bonchev–Trinajstić information content (AvgIpc) is 2.91. The lowest BCUT2D eigenvalue weighted by atomic mass is 9.67. The van der Waals surface area contributed by atoms with Crippen molar-refractivity contribution in [2.45, 2.75) is 64.1 Å². The van der Waals surface area contributed by atoms with Crippen molar-refractivity contribution in [3.8, 4) is 5.75 Å². The van der Waals surface area contributed by atoms with Crippen LogP contribution in [0, 0.1) is 0 Å². The molecule has 1 aliphatic heterocycles. The third kappa shape index (κ3) is 6.72. The molecular formula is C32H39NO4. The van der Waals surface area contributed by atoms with Gasteiger partial charge < -0.3 is 19.5 Å². The first-order valence-electron chi connectivity index (χ1n) is 13.3. The van der Waals surface area contributed by atoms with E-state index in [4.69, 9.17) is 9.47 Å². The number of nitrogens with zero attached hydrogens (tertiary/aromatic N) is 1. The Hall–Kier alpha value is -3.31. The molecule has 0 spiro atoms. The van der Waals surface area contributed by atoms with Crippen LogP contribution in [0.15, 0.2) is 78.9 Å². The van der Waals surface area contributed by atoms with Crippen LogP contribution >= 0.6 is 0 Å². The highest BCUT2D eigenvalue weighted by molar-refractivity contribution is 5.68. The maximum atomic E-state index is 12.9. The maximum Gasteiger partial charge on any atom is 0.410 e. The zero-order chi connectivity index (χ0) is 26.3. The number of aliphatic hydroxyl groups excluding tert-OH is 1. The first-order chi connectivity index (χ1) is 17.8. The molecule has 5 heteroatoms. The van der Waals surface area contributed by atoms with Crippen molar-refractivity contribution < 1.29 is 19.4 Å². The average molecular weight is 502 g/mol. The standard InChI is InChI=1S/C32H39NO4/c1-31(2,3)37-30(35)33-20-18-32(19-21-33,27-14-8-5-9-15-27)28-23-25(13-10-22-34)16-17-29(28)36-24-26-11-6-4-7-12-26/h4-9,11-12,14-17,23,34H,10,13,18-22,24H2,1-3H3. The van der Waals surface area contributed by atoms with Crippen LogP contribution in [0.5, 0.6) is 5.75 Å². The van der Waals surface area contributed by atoms with Gasteiger partial charge in [-0.25, -0.2) is 4.79 Å². The van der Waals surface area contributed by atoms with E-state index in [1.54, 1.807) is 0 Å². The van der Waals surface area contributed by atoms with Gasteiger partial charge >= 0.3 is 6.09 Å². The molecule has 3 aromatic carbocycles. The predicted molar refractivity (Wildman–Crippen MR) is 147 cm³/mol. The number of ether oxygens (including phenoxy) is 2. The number of amides is 1. The third-order valence-corrected chi connectivity index (χ3v) is 7.02. The van der Waals surface area contributed by atoms with Gasteiger partial charge in [-0.2, -0.15) is 0 Å². The number of piperidine rings is 1. The van der Waals surface area contributed by atoms with Gasteiger partial charge in [0, 0.05) is 30.7 Å². The Morgan fingerprint density at radius 2 is 1.57 bits per heavy atom. The molecule has 0 aromatic heterocycles. The zero-order valence-corrected chi connectivity index (χ0v) is 22.3. The Kier molecular flexibility index (Phi) is 8.55. The van der Waals surface area contributed by atoms with Gasteiger partial charge in [-0.3, -0.25) is 0 Å². The van der Waals surface area contributed by atoms with E-state index in [0.29, 0.717) is 26.1 Å². The summed E-state index contributed by atoms with van der Waals surface area (Å²) in [5, 5.41) is 9.43. The van der Waals surface area contributed by atoms with E-state index >= 15 is 0 Å². The second kappa shape index (κ2) is 11.8. The van der Waals surface area contributed by atoms with E-state index in [1.165, 1.54) is 11.1 Å². The number of aryl methyl sites for hydroxylation is 1. The van der Waals surface area contributed by atoms with Crippen LogP contribution < -0.4 is 4.74 Å². The molecule has 4 rings (SSSR count). The Labute approximate surface area is 221 Å². The highest BCUT2D eigenvalue weighted by Crippen LogP contribution is 2.46. The van der Waals surface area contributed by atoms with Crippen LogP contribution in [0.4, 0.5) is 4.79 Å². The molecule has 0 aliphatic carbocycles. The molecule has 37 heavy (non-hydrogen) atoms. The lowest BCUT2D eigenvalue weighted by molar-refractivity contribution is 0.0179. The van der Waals surface area contributed by atoms with Crippen molar-refractivity contribution in [2.24, 2.45) is 0 Å². The van der Waals surface area contributed by atoms with E-state index in [9.17, 15) is 9.90 Å². The van der Waals surface area contributed by atoms with Gasteiger partial charge in [0.15, 0.2) is 0 Å². The molecule has 0 atom stereocenters. The smallest absolute Gasteiger partial charge is 0.410 e. The number of benzene rings is 3. The van der Waals surface area contributed by atoms with Crippen LogP contribution in [0.2, 0.25) is 0 Å². The molecule has 0 radical (unpaired) electrons. The number of likely N-dealkylation sites (tertiary alicyclic amines) is 1. The van der Waals surface area contributed by atoms with Gasteiger partial charge in [-0.1, -0.05) is 72.8 Å². The lowest BCUT2D eigenvalue weighted by Crippen LogP contribution is -2.47. The minimum atomic E-state index is -0.523. The first kappa shape index (κ1) is 26.7. The summed E-state index contributed by atoms with van der Waals surface area (Å²) in [4.78, 5) is 14.7. The number of carbonyl (C=O) groups excluding carboxylic acids is 1. The molecule has 5 nitrogen and oxygen atoms in total. The lowest BCUT2D eigenvalue weighted by Gasteiger charge is -2.43. The van der Waals surface area contributed by atoms with Gasteiger partial charge in [0.1, 0.15) is 18.0 Å². The van der Waals surface area contributed by atoms with Gasteiger partial charge in [-0.05, 0) is 69.2 Å². The maximum absolute atomic E-state index is 12.9. The Morgan fingerprint density at radius 3 is 2.19 bits per heavy atom. The molecule has 1 amide bonds. The summed E-state index contributed by atoms with van der Waals surface area (Å²) in [7, 11) is 0. The van der Waals surface area contributed by atoms with Crippen molar-refractivity contribution in [1.82, 2.24) is 4.90 Å². The van der Waals surface area contributed by atoms with Crippen molar-refractivity contribution >= 4 is 6.09 Å². The Balaban J connectivity index is 1.70. The van der Waals surface area contributed by atoms with E-state index in [-0.39, 0.29) is 18.1 Å². The fourth-order valence-electron chi connectivity index (χ4n) is 5.12. The Morgan fingerprint density at radius 1 is 0.919 bits per heavy atom. The van der Waals surface area contributed by atoms with Crippen molar-refractivity contribution in [3.05, 3.63) is 101 Å². The molecule has 0 saturated carbocycles. The van der Waals surface area contributed by atoms with Crippen molar-refractivity contribution in [2.75, 3.05) is 19.7 Å². The first-order valence-corrected chi connectivity index (χ1v) is 13.3. The molecule has 0 unspecified atom stereocenters. The van der Waals surface area contributed by atoms with Crippen LogP contribution in [-0.2, 0) is 23.2 Å². The Bertz CT molecular complexity index is 1150. The molecule has 1 aliphatic rings. The third-order valence-electron chi connectivity index (χ3n) is 7.02. The monoisotopic (exact) mass is 501 g/mol. The van der Waals surface area contributed by atoms with Crippen LogP contribution in [-0.4, -0.2) is 41.4 Å². The van der Waals surface area contributed by atoms with Crippen molar-refractivity contribution in [1.29, 1.82) is 0 Å². The minimum Gasteiger partial charge on any atom is -0.489 e. The van der Waals surface area contributed by atoms with E-state index in [0.717, 1.165) is 36.1 Å². The van der Waals surface area contributed by atoms with Gasteiger partial charge in [0.05, 0.1) is 0 Å². The van der Waals surface area contributed by atoms with Gasteiger partial charge in [0.2, 0.25) is 0 Å². The summed E-state index contributed by atoms with van der Waals surface area (Å²) in [6.07, 6.45) is 2.79. The summed E-state index contributed by atoms with van der Waals surface area (Å²) >= 11 is 0. The SMILES string of the molecule is CC(C)(C)OC(=O)N1CCC(c2ccccc2)(c2cc(CCCO)ccc2OCc2ccccc2)CC1. The number of hydrogen-bond acceptors (Lipinski definition) is 4. The summed E-state index contributed by atoms with van der Waals surface area (Å²) in [6.45, 7) is 7.55. The topological polar surface area (TPSA) is 59.0 Å². The second-order valence-corrected chi connectivity index (χ2v) is 10.8. The fourth-order valence-corrected chi connectivity index (χ4v) is 5.12. The van der Waals surface area contributed by atoms with Gasteiger partial charge in [-0.15, -0.1) is 0 Å². The number of hydrogen-bond donors (Lipinski definition) is 1. The minimum absolute atomic E-state index is 0.163. The van der Waals surface area contributed by atoms with E-state index in [2.05, 4.69) is 54.6 Å². The molecule has 0 bridgehead atoms. The molecule has 1 heterocycles. The highest BCUT2D eigenvalue weighted by Gasteiger charge is 2.41. The molecule has 1 saturated heterocycles. The number of carbonyl (C=O) groups is 1. The normalized spacial score (nSPS) is 15.3. The quantitative estimate of drug-likeness (QED) is 0.382. The predicted octanol–water partition coefficient (Wildman–Crippen LogP) is 6.51. The molecule has 1 N–H and O–H groups in total. The summed E-state index contributed by atoms with van der Waals surface area (Å²) in [5.74, 6) is 0.867. The zero-order valence-electron chi connectivity index (χ0n) is 22.3. The summed E-state index contributed by atoms with van der Waals surface area (Å²) < 4.78 is 12.1. The second-order valence-electron chi connectivity index (χ2n) is 10.8. The largest absolute Gasteiger partial charge is 0.489 e. The van der Waals surface area contributed by atoms with Crippen LogP contribution in [0.3, 0.4) is 0 Å². The summed E-state index contributed by atoms with van der Waals surface area (Å²) in [6, 6.07) is 27.2. The number of rotatable bonds is 8. The molecular weight excluding hydrogens is 462 g/mol. The van der Waals surface area contributed by atoms with Gasteiger partial charge in [0.25, 0.3) is 0 Å². The fraction of sp³-hybridized carbons (Fsp3) is 0.406. The summed E-state index contributed by atoms with van der Waals surface area (Å²) in [5.41, 5.74) is 3.84. The van der Waals surface area contributed by atoms with E-state index in [1.807, 2.05) is 49.9 Å². The molecule has 3 aromatic rings. The molecule has 196 valence electrons. The van der Waals surface area contributed by atoms with Crippen molar-refractivity contribution in [3.63, 3.8) is 0 Å². The van der Waals surface area contributed by atoms with E-state index < -0.39 is 5.60 Å².